The molecule has 180 valence electrons. The summed E-state index contributed by atoms with van der Waals surface area (Å²) in [6.07, 6.45) is 0. The summed E-state index contributed by atoms with van der Waals surface area (Å²) in [4.78, 5) is 0.0194. The molecule has 1 fully saturated rings. The third-order valence-corrected chi connectivity index (χ3v) is 8.95. The lowest BCUT2D eigenvalue weighted by molar-refractivity contribution is 0.0730. The van der Waals surface area contributed by atoms with Gasteiger partial charge < -0.3 is 9.47 Å². The van der Waals surface area contributed by atoms with Crippen LogP contribution in [0.25, 0.3) is 0 Å². The molecule has 0 bridgehead atoms. The molecule has 1 heterocycles. The second kappa shape index (κ2) is 10.2. The van der Waals surface area contributed by atoms with Crippen LogP contribution in [0.4, 0.5) is 0 Å². The summed E-state index contributed by atoms with van der Waals surface area (Å²) < 4.78 is 66.7. The average Bonchev–Trinajstić information content (AvgIpc) is 2.88. The molecule has 0 aromatic heterocycles. The lowest BCUT2D eigenvalue weighted by Crippen LogP contribution is -2.40. The summed E-state index contributed by atoms with van der Waals surface area (Å²) in [7, 11) is -6.12. The van der Waals surface area contributed by atoms with E-state index in [0.29, 0.717) is 19.0 Å². The molecule has 34 heavy (non-hydrogen) atoms. The van der Waals surface area contributed by atoms with Crippen molar-refractivity contribution in [2.24, 2.45) is 0 Å². The van der Waals surface area contributed by atoms with Gasteiger partial charge >= 0.3 is 0 Å². The van der Waals surface area contributed by atoms with E-state index in [9.17, 15) is 16.8 Å². The topological polar surface area (TPSA) is 102 Å². The van der Waals surface area contributed by atoms with Crippen LogP contribution in [0.15, 0.2) is 88.7 Å². The number of benzene rings is 3. The van der Waals surface area contributed by atoms with Crippen LogP contribution < -0.4 is 9.46 Å². The highest BCUT2D eigenvalue weighted by Gasteiger charge is 2.28. The van der Waals surface area contributed by atoms with E-state index in [1.54, 1.807) is 31.4 Å². The Balaban J connectivity index is 1.61. The molecule has 1 saturated heterocycles. The van der Waals surface area contributed by atoms with Crippen LogP contribution in [0.2, 0.25) is 0 Å². The zero-order valence-corrected chi connectivity index (χ0v) is 20.3. The molecule has 3 aromatic carbocycles. The largest absolute Gasteiger partial charge is 0.497 e. The first-order valence-electron chi connectivity index (χ1n) is 10.7. The van der Waals surface area contributed by atoms with E-state index >= 15 is 0 Å². The smallest absolute Gasteiger partial charge is 0.243 e. The van der Waals surface area contributed by atoms with Gasteiger partial charge in [0.25, 0.3) is 0 Å². The molecule has 0 radical (unpaired) electrons. The Bertz CT molecular complexity index is 1300. The second-order valence-corrected chi connectivity index (χ2v) is 11.4. The minimum Gasteiger partial charge on any atom is -0.497 e. The summed E-state index contributed by atoms with van der Waals surface area (Å²) in [5.41, 5.74) is 1.50. The van der Waals surface area contributed by atoms with Crippen molar-refractivity contribution in [1.82, 2.24) is 9.03 Å². The molecular formula is C24H26N2O6S2. The van der Waals surface area contributed by atoms with Gasteiger partial charge in [0.15, 0.2) is 0 Å². The Labute approximate surface area is 200 Å². The summed E-state index contributed by atoms with van der Waals surface area (Å²) >= 11 is 0. The van der Waals surface area contributed by atoms with Crippen LogP contribution in [0, 0.1) is 0 Å². The van der Waals surface area contributed by atoms with Gasteiger partial charge in [-0.15, -0.1) is 0 Å². The zero-order valence-electron chi connectivity index (χ0n) is 18.6. The van der Waals surface area contributed by atoms with Crippen molar-refractivity contribution in [3.8, 4) is 5.75 Å². The van der Waals surface area contributed by atoms with Crippen molar-refractivity contribution in [3.63, 3.8) is 0 Å². The van der Waals surface area contributed by atoms with Gasteiger partial charge in [0, 0.05) is 13.1 Å². The van der Waals surface area contributed by atoms with E-state index in [4.69, 9.17) is 9.47 Å². The summed E-state index contributed by atoms with van der Waals surface area (Å²) in [6.45, 7) is 1.21. The quantitative estimate of drug-likeness (QED) is 0.508. The Morgan fingerprint density at radius 1 is 0.794 bits per heavy atom. The number of morpholine rings is 1. The molecular weight excluding hydrogens is 476 g/mol. The predicted octanol–water partition coefficient (Wildman–Crippen LogP) is 2.78. The molecule has 8 nitrogen and oxygen atoms in total. The number of rotatable bonds is 8. The van der Waals surface area contributed by atoms with E-state index in [2.05, 4.69) is 4.72 Å². The van der Waals surface area contributed by atoms with Crippen LogP contribution in [-0.4, -0.2) is 54.6 Å². The molecule has 1 aliphatic heterocycles. The molecule has 4 rings (SSSR count). The summed E-state index contributed by atoms with van der Waals surface area (Å²) in [6, 6.07) is 21.0. The number of nitrogens with zero attached hydrogens (tertiary/aromatic N) is 1. The predicted molar refractivity (Wildman–Crippen MR) is 128 cm³/mol. The van der Waals surface area contributed by atoms with Crippen LogP contribution in [-0.2, 0) is 24.8 Å². The molecule has 1 aliphatic rings. The first kappa shape index (κ1) is 24.4. The van der Waals surface area contributed by atoms with E-state index in [1.807, 2.05) is 30.3 Å². The molecule has 1 atom stereocenters. The Hall–Kier alpha value is -2.76. The fraction of sp³-hybridized carbons (Fsp3) is 0.250. The third kappa shape index (κ3) is 5.31. The molecule has 0 spiro atoms. The number of hydrogen-bond acceptors (Lipinski definition) is 6. The molecule has 10 heteroatoms. The molecule has 1 N–H and O–H groups in total. The van der Waals surface area contributed by atoms with Gasteiger partial charge in [0.1, 0.15) is 5.75 Å². The average molecular weight is 503 g/mol. The maximum absolute atomic E-state index is 13.3. The Kier molecular flexibility index (Phi) is 7.34. The van der Waals surface area contributed by atoms with Gasteiger partial charge in [-0.1, -0.05) is 42.5 Å². The van der Waals surface area contributed by atoms with Crippen molar-refractivity contribution in [2.75, 3.05) is 33.4 Å². The van der Waals surface area contributed by atoms with Crippen LogP contribution in [0.1, 0.15) is 17.2 Å². The van der Waals surface area contributed by atoms with Crippen molar-refractivity contribution < 1.29 is 26.3 Å². The van der Waals surface area contributed by atoms with Crippen molar-refractivity contribution in [3.05, 3.63) is 90.0 Å². The number of methoxy groups -OCH3 is 1. The lowest BCUT2D eigenvalue weighted by Gasteiger charge is -2.26. The number of ether oxygens (including phenoxy) is 2. The van der Waals surface area contributed by atoms with Crippen molar-refractivity contribution >= 4 is 20.0 Å². The van der Waals surface area contributed by atoms with Gasteiger partial charge in [-0.25, -0.2) is 16.8 Å². The normalized spacial score (nSPS) is 16.1. The van der Waals surface area contributed by atoms with Crippen molar-refractivity contribution in [2.45, 2.75) is 15.8 Å². The van der Waals surface area contributed by atoms with Crippen LogP contribution >= 0.6 is 0 Å². The monoisotopic (exact) mass is 502 g/mol. The van der Waals surface area contributed by atoms with E-state index in [0.717, 1.165) is 11.1 Å². The van der Waals surface area contributed by atoms with Gasteiger partial charge in [0.05, 0.1) is 36.2 Å². The van der Waals surface area contributed by atoms with E-state index < -0.39 is 26.1 Å². The van der Waals surface area contributed by atoms with Gasteiger partial charge in [-0.05, 0) is 47.5 Å². The highest BCUT2D eigenvalue weighted by molar-refractivity contribution is 7.89. The molecule has 0 aliphatic carbocycles. The first-order chi connectivity index (χ1) is 16.3. The van der Waals surface area contributed by atoms with E-state index in [-0.39, 0.29) is 22.9 Å². The summed E-state index contributed by atoms with van der Waals surface area (Å²) in [5.74, 6) is 0.662. The number of hydrogen-bond donors (Lipinski definition) is 1. The zero-order chi connectivity index (χ0) is 24.2. The van der Waals surface area contributed by atoms with Crippen molar-refractivity contribution in [1.29, 1.82) is 0 Å². The van der Waals surface area contributed by atoms with Gasteiger partial charge in [-0.3, -0.25) is 0 Å². The number of sulfonamides is 2. The molecule has 3 aromatic rings. The van der Waals surface area contributed by atoms with Gasteiger partial charge in [-0.2, -0.15) is 9.03 Å². The SMILES string of the molecule is COc1ccc([C@@H](NS(=O)(=O)c2ccc(S(=O)(=O)N3CCOCC3)cc2)c2ccccc2)cc1. The maximum Gasteiger partial charge on any atom is 0.243 e. The fourth-order valence-corrected chi connectivity index (χ4v) is 6.34. The minimum absolute atomic E-state index is 0.0251. The molecule has 0 amide bonds. The standard InChI is InChI=1S/C24H26N2O6S2/c1-31-21-9-7-20(8-10-21)24(19-5-3-2-4-6-19)25-33(27,28)22-11-13-23(14-12-22)34(29,30)26-15-17-32-18-16-26/h2-14,24-25H,15-18H2,1H3/t24-/m0/s1. The Morgan fingerprint density at radius 3 is 1.94 bits per heavy atom. The van der Waals surface area contributed by atoms with Gasteiger partial charge in [0.2, 0.25) is 20.0 Å². The first-order valence-corrected chi connectivity index (χ1v) is 13.6. The summed E-state index contributed by atoms with van der Waals surface area (Å²) in [5, 5.41) is 0. The minimum atomic E-state index is -3.97. The second-order valence-electron chi connectivity index (χ2n) is 7.73. The van der Waals surface area contributed by atoms with E-state index in [1.165, 1.54) is 28.6 Å². The molecule has 0 unspecified atom stereocenters. The lowest BCUT2D eigenvalue weighted by atomic mass is 10.00. The third-order valence-electron chi connectivity index (χ3n) is 5.60. The maximum atomic E-state index is 13.3. The van der Waals surface area contributed by atoms with Crippen LogP contribution in [0.5, 0.6) is 5.75 Å². The number of nitrogens with one attached hydrogen (secondary N) is 1. The highest BCUT2D eigenvalue weighted by Crippen LogP contribution is 2.27. The highest BCUT2D eigenvalue weighted by atomic mass is 32.2. The van der Waals surface area contributed by atoms with Crippen LogP contribution in [0.3, 0.4) is 0 Å². The molecule has 0 saturated carbocycles. The fourth-order valence-electron chi connectivity index (χ4n) is 3.72. The Morgan fingerprint density at radius 2 is 1.35 bits per heavy atom.